The lowest BCUT2D eigenvalue weighted by atomic mass is 10.2. The number of carbonyl (C=O) groups is 2. The maximum Gasteiger partial charge on any atom is 0.322 e. The molecule has 0 atom stereocenters. The second kappa shape index (κ2) is 10.8. The van der Waals surface area contributed by atoms with Crippen LogP contribution in [0.2, 0.25) is 0 Å². The van der Waals surface area contributed by atoms with Crippen molar-refractivity contribution < 1.29 is 18.4 Å². The number of urea groups is 1. The third-order valence-corrected chi connectivity index (χ3v) is 5.34. The van der Waals surface area contributed by atoms with E-state index in [0.717, 1.165) is 23.4 Å². The van der Waals surface area contributed by atoms with Gasteiger partial charge in [-0.05, 0) is 43.7 Å². The minimum Gasteiger partial charge on any atom is -0.353 e. The Morgan fingerprint density at radius 2 is 1.73 bits per heavy atom. The molecule has 0 aliphatic carbocycles. The average molecular weight is 455 g/mol. The molecule has 8 heteroatoms. The second-order valence-electron chi connectivity index (χ2n) is 8.12. The lowest BCUT2D eigenvalue weighted by molar-refractivity contribution is -0.133. The Morgan fingerprint density at radius 3 is 2.33 bits per heavy atom. The van der Waals surface area contributed by atoms with Crippen LogP contribution in [0, 0.1) is 11.6 Å². The summed E-state index contributed by atoms with van der Waals surface area (Å²) in [6.07, 6.45) is 1.91. The van der Waals surface area contributed by atoms with Crippen LogP contribution < -0.4 is 5.32 Å². The molecule has 0 unspecified atom stereocenters. The molecule has 2 aromatic carbocycles. The normalized spacial score (nSPS) is 10.8. The predicted molar refractivity (Wildman–Crippen MR) is 123 cm³/mol. The van der Waals surface area contributed by atoms with Crippen LogP contribution in [0.4, 0.5) is 19.3 Å². The lowest BCUT2D eigenvalue weighted by Gasteiger charge is -2.30. The monoisotopic (exact) mass is 454 g/mol. The standard InChI is InChI=1S/C25H28F2N4O2/c1-18(2)31(25(33)28-23-12-11-20(26)14-22(23)27)17-24(32)30(15-19-8-5-4-6-9-19)16-21-10-7-13-29(21)3/h4-14,18H,15-17H2,1-3H3,(H,28,33). The van der Waals surface area contributed by atoms with Crippen molar-refractivity contribution in [2.75, 3.05) is 11.9 Å². The molecule has 0 aliphatic heterocycles. The number of hydrogen-bond donors (Lipinski definition) is 1. The van der Waals surface area contributed by atoms with Gasteiger partial charge in [0.25, 0.3) is 0 Å². The average Bonchev–Trinajstić information content (AvgIpc) is 3.18. The number of carbonyl (C=O) groups excluding carboxylic acids is 2. The molecule has 0 radical (unpaired) electrons. The number of benzene rings is 2. The molecule has 33 heavy (non-hydrogen) atoms. The topological polar surface area (TPSA) is 57.6 Å². The van der Waals surface area contributed by atoms with Gasteiger partial charge in [0.2, 0.25) is 5.91 Å². The Hall–Kier alpha value is -3.68. The molecule has 1 heterocycles. The number of aromatic nitrogens is 1. The second-order valence-corrected chi connectivity index (χ2v) is 8.12. The number of aryl methyl sites for hydroxylation is 1. The van der Waals surface area contributed by atoms with Crippen LogP contribution in [-0.2, 0) is 24.9 Å². The SMILES string of the molecule is CC(C)N(CC(=O)N(Cc1ccccc1)Cc1cccn1C)C(=O)Nc1ccc(F)cc1F. The Labute approximate surface area is 192 Å². The summed E-state index contributed by atoms with van der Waals surface area (Å²) in [7, 11) is 1.91. The summed E-state index contributed by atoms with van der Waals surface area (Å²) in [4.78, 5) is 29.2. The molecule has 0 bridgehead atoms. The Bertz CT molecular complexity index is 1100. The quantitative estimate of drug-likeness (QED) is 0.533. The molecular formula is C25H28F2N4O2. The highest BCUT2D eigenvalue weighted by Crippen LogP contribution is 2.17. The Kier molecular flexibility index (Phi) is 7.82. The number of nitrogens with one attached hydrogen (secondary N) is 1. The van der Waals surface area contributed by atoms with Gasteiger partial charge in [0.05, 0.1) is 12.2 Å². The number of rotatable bonds is 8. The number of amides is 3. The first-order chi connectivity index (χ1) is 15.7. The van der Waals surface area contributed by atoms with E-state index in [9.17, 15) is 18.4 Å². The van der Waals surface area contributed by atoms with E-state index in [1.165, 1.54) is 4.90 Å². The van der Waals surface area contributed by atoms with Crippen molar-refractivity contribution in [1.82, 2.24) is 14.4 Å². The molecule has 0 saturated carbocycles. The molecule has 1 aromatic heterocycles. The van der Waals surface area contributed by atoms with Crippen LogP contribution in [0.3, 0.4) is 0 Å². The van der Waals surface area contributed by atoms with E-state index in [2.05, 4.69) is 5.32 Å². The van der Waals surface area contributed by atoms with Crippen molar-refractivity contribution in [3.63, 3.8) is 0 Å². The molecule has 3 rings (SSSR count). The third kappa shape index (κ3) is 6.41. The van der Waals surface area contributed by atoms with Gasteiger partial charge in [-0.25, -0.2) is 13.6 Å². The number of halogens is 2. The number of hydrogen-bond acceptors (Lipinski definition) is 2. The summed E-state index contributed by atoms with van der Waals surface area (Å²) in [6, 6.07) is 15.4. The van der Waals surface area contributed by atoms with Gasteiger partial charge in [0, 0.05) is 37.6 Å². The van der Waals surface area contributed by atoms with Crippen LogP contribution in [0.15, 0.2) is 66.9 Å². The molecule has 174 valence electrons. The zero-order valence-electron chi connectivity index (χ0n) is 19.0. The lowest BCUT2D eigenvalue weighted by Crippen LogP contribution is -2.47. The highest BCUT2D eigenvalue weighted by atomic mass is 19.1. The van der Waals surface area contributed by atoms with Gasteiger partial charge in [-0.15, -0.1) is 0 Å². The molecule has 6 nitrogen and oxygen atoms in total. The van der Waals surface area contributed by atoms with Gasteiger partial charge >= 0.3 is 6.03 Å². The molecule has 0 aliphatic rings. The molecule has 0 fully saturated rings. The predicted octanol–water partition coefficient (Wildman–Crippen LogP) is 4.77. The van der Waals surface area contributed by atoms with Crippen molar-refractivity contribution in [3.8, 4) is 0 Å². The van der Waals surface area contributed by atoms with E-state index in [-0.39, 0.29) is 24.2 Å². The Balaban J connectivity index is 1.77. The maximum atomic E-state index is 14.0. The van der Waals surface area contributed by atoms with Crippen LogP contribution >= 0.6 is 0 Å². The smallest absolute Gasteiger partial charge is 0.322 e. The number of anilines is 1. The zero-order valence-corrected chi connectivity index (χ0v) is 19.0. The number of nitrogens with zero attached hydrogens (tertiary/aromatic N) is 3. The van der Waals surface area contributed by atoms with Crippen molar-refractivity contribution in [2.45, 2.75) is 33.0 Å². The molecule has 0 spiro atoms. The van der Waals surface area contributed by atoms with E-state index in [4.69, 9.17) is 0 Å². The fraction of sp³-hybridized carbons (Fsp3) is 0.280. The van der Waals surface area contributed by atoms with Gasteiger partial charge in [0.1, 0.15) is 18.2 Å². The van der Waals surface area contributed by atoms with E-state index in [1.54, 1.807) is 18.7 Å². The van der Waals surface area contributed by atoms with E-state index >= 15 is 0 Å². The highest BCUT2D eigenvalue weighted by Gasteiger charge is 2.25. The van der Waals surface area contributed by atoms with Gasteiger partial charge in [-0.2, -0.15) is 0 Å². The fourth-order valence-corrected chi connectivity index (χ4v) is 3.40. The third-order valence-electron chi connectivity index (χ3n) is 5.34. The zero-order chi connectivity index (χ0) is 24.0. The van der Waals surface area contributed by atoms with E-state index < -0.39 is 17.7 Å². The van der Waals surface area contributed by atoms with Crippen molar-refractivity contribution in [1.29, 1.82) is 0 Å². The van der Waals surface area contributed by atoms with E-state index in [1.807, 2.05) is 60.3 Å². The summed E-state index contributed by atoms with van der Waals surface area (Å²) < 4.78 is 29.1. The minimum absolute atomic E-state index is 0.149. The summed E-state index contributed by atoms with van der Waals surface area (Å²) in [5.41, 5.74) is 1.77. The van der Waals surface area contributed by atoms with E-state index in [0.29, 0.717) is 19.2 Å². The van der Waals surface area contributed by atoms with Crippen LogP contribution in [0.5, 0.6) is 0 Å². The van der Waals surface area contributed by atoms with Crippen molar-refractivity contribution in [2.24, 2.45) is 7.05 Å². The Morgan fingerprint density at radius 1 is 1.00 bits per heavy atom. The van der Waals surface area contributed by atoms with Gasteiger partial charge < -0.3 is 19.7 Å². The van der Waals surface area contributed by atoms with Crippen molar-refractivity contribution >= 4 is 17.6 Å². The first-order valence-corrected chi connectivity index (χ1v) is 10.7. The summed E-state index contributed by atoms with van der Waals surface area (Å²) in [5.74, 6) is -1.87. The van der Waals surface area contributed by atoms with Gasteiger partial charge in [-0.1, -0.05) is 30.3 Å². The van der Waals surface area contributed by atoms with Crippen LogP contribution in [0.25, 0.3) is 0 Å². The van der Waals surface area contributed by atoms with Crippen LogP contribution in [-0.4, -0.2) is 38.9 Å². The van der Waals surface area contributed by atoms with Gasteiger partial charge in [-0.3, -0.25) is 4.79 Å². The molecule has 0 saturated heterocycles. The fourth-order valence-electron chi connectivity index (χ4n) is 3.40. The highest BCUT2D eigenvalue weighted by molar-refractivity contribution is 5.92. The largest absolute Gasteiger partial charge is 0.353 e. The molecular weight excluding hydrogens is 426 g/mol. The summed E-state index contributed by atoms with van der Waals surface area (Å²) in [5, 5.41) is 2.44. The summed E-state index contributed by atoms with van der Waals surface area (Å²) in [6.45, 7) is 4.10. The first kappa shape index (κ1) is 24.0. The van der Waals surface area contributed by atoms with Gasteiger partial charge in [0.15, 0.2) is 0 Å². The minimum atomic E-state index is -0.882. The molecule has 3 aromatic rings. The molecule has 3 amide bonds. The first-order valence-electron chi connectivity index (χ1n) is 10.7. The van der Waals surface area contributed by atoms with Crippen molar-refractivity contribution in [3.05, 3.63) is 89.8 Å². The van der Waals surface area contributed by atoms with Crippen LogP contribution in [0.1, 0.15) is 25.1 Å². The summed E-state index contributed by atoms with van der Waals surface area (Å²) >= 11 is 0. The molecule has 1 N–H and O–H groups in total. The maximum absolute atomic E-state index is 14.0.